The standard InChI is InChI=1S/C23H12Cl4O4/c24-12-6-8-20-16(9-12)21(29)23(22(31-20)15-3-1-2-4-17(15)26)30-11-19(28)14-7-5-13(25)10-18(14)27/h1-10H,11H2. The molecule has 0 N–H and O–H groups in total. The maximum Gasteiger partial charge on any atom is 0.235 e. The Bertz CT molecular complexity index is 1380. The van der Waals surface area contributed by atoms with Crippen molar-refractivity contribution in [3.05, 3.63) is 96.5 Å². The summed E-state index contributed by atoms with van der Waals surface area (Å²) in [7, 11) is 0. The van der Waals surface area contributed by atoms with E-state index in [4.69, 9.17) is 55.6 Å². The van der Waals surface area contributed by atoms with Gasteiger partial charge in [-0.2, -0.15) is 0 Å². The van der Waals surface area contributed by atoms with Crippen LogP contribution in [0.25, 0.3) is 22.3 Å². The van der Waals surface area contributed by atoms with E-state index in [1.165, 1.54) is 18.2 Å². The summed E-state index contributed by atoms with van der Waals surface area (Å²) in [6.07, 6.45) is 0. The Morgan fingerprint density at radius 2 is 1.58 bits per heavy atom. The van der Waals surface area contributed by atoms with E-state index < -0.39 is 17.8 Å². The highest BCUT2D eigenvalue weighted by atomic mass is 35.5. The molecule has 8 heteroatoms. The summed E-state index contributed by atoms with van der Waals surface area (Å²) in [4.78, 5) is 25.9. The molecule has 0 bridgehead atoms. The lowest BCUT2D eigenvalue weighted by Gasteiger charge is -2.13. The molecule has 0 fully saturated rings. The number of fused-ring (bicyclic) bond motifs is 1. The topological polar surface area (TPSA) is 56.5 Å². The summed E-state index contributed by atoms with van der Waals surface area (Å²) < 4.78 is 11.6. The molecule has 0 aliphatic rings. The zero-order valence-electron chi connectivity index (χ0n) is 15.6. The predicted octanol–water partition coefficient (Wildman–Crippen LogP) is 7.34. The van der Waals surface area contributed by atoms with Gasteiger partial charge in [0.25, 0.3) is 0 Å². The van der Waals surface area contributed by atoms with Crippen LogP contribution in [0.2, 0.25) is 20.1 Å². The maximum absolute atomic E-state index is 13.2. The molecule has 0 atom stereocenters. The van der Waals surface area contributed by atoms with Crippen molar-refractivity contribution in [1.29, 1.82) is 0 Å². The first kappa shape index (κ1) is 21.7. The van der Waals surface area contributed by atoms with Crippen LogP contribution in [-0.2, 0) is 0 Å². The van der Waals surface area contributed by atoms with Crippen molar-refractivity contribution in [2.75, 3.05) is 6.61 Å². The van der Waals surface area contributed by atoms with Crippen LogP contribution in [0.5, 0.6) is 5.75 Å². The van der Waals surface area contributed by atoms with Crippen LogP contribution in [0.4, 0.5) is 0 Å². The molecular formula is C23H12Cl4O4. The van der Waals surface area contributed by atoms with Crippen molar-refractivity contribution in [3.8, 4) is 17.1 Å². The fourth-order valence-electron chi connectivity index (χ4n) is 3.04. The monoisotopic (exact) mass is 492 g/mol. The number of ether oxygens (including phenoxy) is 1. The first-order valence-corrected chi connectivity index (χ1v) is 10.5. The van der Waals surface area contributed by atoms with Crippen molar-refractivity contribution in [3.63, 3.8) is 0 Å². The van der Waals surface area contributed by atoms with E-state index in [-0.39, 0.29) is 27.5 Å². The first-order chi connectivity index (χ1) is 14.8. The van der Waals surface area contributed by atoms with Gasteiger partial charge in [0.15, 0.2) is 12.4 Å². The Hall–Kier alpha value is -2.50. The predicted molar refractivity (Wildman–Crippen MR) is 124 cm³/mol. The summed E-state index contributed by atoms with van der Waals surface area (Å²) in [6, 6.07) is 16.0. The van der Waals surface area contributed by atoms with Crippen LogP contribution in [0, 0.1) is 0 Å². The largest absolute Gasteiger partial charge is 0.478 e. The number of carbonyl (C=O) groups is 1. The number of carbonyl (C=O) groups excluding carboxylic acids is 1. The minimum atomic E-state index is -0.478. The SMILES string of the molecule is O=C(COc1c(-c2ccccc2Cl)oc2ccc(Cl)cc2c1=O)c1ccc(Cl)cc1Cl. The zero-order chi connectivity index (χ0) is 22.1. The van der Waals surface area contributed by atoms with Gasteiger partial charge in [0.05, 0.1) is 15.4 Å². The molecule has 0 aliphatic heterocycles. The van der Waals surface area contributed by atoms with Crippen molar-refractivity contribution in [2.45, 2.75) is 0 Å². The van der Waals surface area contributed by atoms with Crippen LogP contribution < -0.4 is 10.2 Å². The summed E-state index contributed by atoms with van der Waals surface area (Å²) in [6.45, 7) is -0.449. The van der Waals surface area contributed by atoms with Crippen molar-refractivity contribution < 1.29 is 13.9 Å². The molecule has 1 heterocycles. The summed E-state index contributed by atoms with van der Waals surface area (Å²) in [5.41, 5.74) is 0.501. The van der Waals surface area contributed by atoms with Gasteiger partial charge in [-0.1, -0.05) is 58.5 Å². The van der Waals surface area contributed by atoms with Crippen LogP contribution in [-0.4, -0.2) is 12.4 Å². The van der Waals surface area contributed by atoms with Crippen molar-refractivity contribution in [2.24, 2.45) is 0 Å². The zero-order valence-corrected chi connectivity index (χ0v) is 18.6. The number of benzene rings is 3. The fourth-order valence-corrected chi connectivity index (χ4v) is 3.94. The highest BCUT2D eigenvalue weighted by molar-refractivity contribution is 6.37. The third kappa shape index (κ3) is 4.43. The van der Waals surface area contributed by atoms with Gasteiger partial charge < -0.3 is 9.15 Å². The number of Topliss-reactive ketones (excluding diaryl/α,β-unsaturated/α-hetero) is 1. The molecule has 31 heavy (non-hydrogen) atoms. The van der Waals surface area contributed by atoms with Crippen LogP contribution in [0.15, 0.2) is 69.9 Å². The highest BCUT2D eigenvalue weighted by Crippen LogP contribution is 2.35. The lowest BCUT2D eigenvalue weighted by atomic mass is 10.1. The maximum atomic E-state index is 13.2. The summed E-state index contributed by atoms with van der Waals surface area (Å²) >= 11 is 24.3. The molecule has 3 aromatic carbocycles. The van der Waals surface area contributed by atoms with Crippen LogP contribution >= 0.6 is 46.4 Å². The minimum absolute atomic E-state index is 0.112. The van der Waals surface area contributed by atoms with Gasteiger partial charge in [-0.25, -0.2) is 0 Å². The van der Waals surface area contributed by atoms with Gasteiger partial charge in [0.1, 0.15) is 5.58 Å². The molecule has 0 unspecified atom stereocenters. The number of halogens is 4. The lowest BCUT2D eigenvalue weighted by Crippen LogP contribution is -2.17. The van der Waals surface area contributed by atoms with E-state index >= 15 is 0 Å². The number of hydrogen-bond acceptors (Lipinski definition) is 4. The molecule has 4 nitrogen and oxygen atoms in total. The fraction of sp³-hybridized carbons (Fsp3) is 0.0435. The highest BCUT2D eigenvalue weighted by Gasteiger charge is 2.21. The molecule has 4 rings (SSSR count). The Morgan fingerprint density at radius 1 is 0.871 bits per heavy atom. The average molecular weight is 494 g/mol. The molecule has 0 radical (unpaired) electrons. The second-order valence-electron chi connectivity index (χ2n) is 6.55. The smallest absolute Gasteiger partial charge is 0.235 e. The Kier molecular flexibility index (Phi) is 6.26. The molecule has 1 aromatic heterocycles. The van der Waals surface area contributed by atoms with Gasteiger partial charge in [-0.15, -0.1) is 0 Å². The minimum Gasteiger partial charge on any atom is -0.478 e. The first-order valence-electron chi connectivity index (χ1n) is 8.97. The molecule has 0 saturated heterocycles. The van der Waals surface area contributed by atoms with Gasteiger partial charge in [0.2, 0.25) is 17.0 Å². The molecule has 0 aliphatic carbocycles. The number of rotatable bonds is 5. The number of hydrogen-bond donors (Lipinski definition) is 0. The normalized spacial score (nSPS) is 11.0. The summed E-state index contributed by atoms with van der Waals surface area (Å²) in [5, 5.41) is 1.52. The Labute approximate surface area is 196 Å². The van der Waals surface area contributed by atoms with Crippen molar-refractivity contribution >= 4 is 63.2 Å². The summed E-state index contributed by atoms with van der Waals surface area (Å²) in [5.74, 6) is -0.473. The van der Waals surface area contributed by atoms with Crippen LogP contribution in [0.1, 0.15) is 10.4 Å². The second kappa shape index (κ2) is 8.93. The van der Waals surface area contributed by atoms with E-state index in [9.17, 15) is 9.59 Å². The molecule has 0 saturated carbocycles. The van der Waals surface area contributed by atoms with E-state index in [1.54, 1.807) is 42.5 Å². The molecular weight excluding hydrogens is 482 g/mol. The van der Waals surface area contributed by atoms with Gasteiger partial charge in [-0.05, 0) is 48.5 Å². The third-order valence-corrected chi connectivity index (χ3v) is 5.62. The Balaban J connectivity index is 1.80. The average Bonchev–Trinajstić information content (AvgIpc) is 2.73. The van der Waals surface area contributed by atoms with E-state index in [2.05, 4.69) is 0 Å². The molecule has 156 valence electrons. The van der Waals surface area contributed by atoms with Crippen LogP contribution in [0.3, 0.4) is 0 Å². The molecule has 0 amide bonds. The van der Waals surface area contributed by atoms with Crippen molar-refractivity contribution in [1.82, 2.24) is 0 Å². The van der Waals surface area contributed by atoms with E-state index in [0.717, 1.165) is 0 Å². The quantitative estimate of drug-likeness (QED) is 0.273. The second-order valence-corrected chi connectivity index (χ2v) is 8.23. The number of ketones is 1. The molecule has 0 spiro atoms. The van der Waals surface area contributed by atoms with E-state index in [0.29, 0.717) is 26.2 Å². The van der Waals surface area contributed by atoms with Gasteiger partial charge >= 0.3 is 0 Å². The van der Waals surface area contributed by atoms with Gasteiger partial charge in [-0.3, -0.25) is 9.59 Å². The third-order valence-electron chi connectivity index (χ3n) is 4.51. The molecule has 4 aromatic rings. The van der Waals surface area contributed by atoms with Gasteiger partial charge in [0, 0.05) is 21.2 Å². The lowest BCUT2D eigenvalue weighted by molar-refractivity contribution is 0.0920. The Morgan fingerprint density at radius 3 is 2.32 bits per heavy atom. The van der Waals surface area contributed by atoms with E-state index in [1.807, 2.05) is 0 Å².